The number of nitro benzene ring substituents is 1. The molecule has 400 valence electrons. The Bertz CT molecular complexity index is 2670. The summed E-state index contributed by atoms with van der Waals surface area (Å²) >= 11 is 0. The van der Waals surface area contributed by atoms with Gasteiger partial charge in [0.2, 0.25) is 23.3 Å². The number of ketones is 1. The van der Waals surface area contributed by atoms with E-state index in [4.69, 9.17) is 13.7 Å². The van der Waals surface area contributed by atoms with Gasteiger partial charge in [-0.25, -0.2) is 18.7 Å². The molecule has 3 aromatic rings. The molecule has 1 N–H and O–H groups in total. The topological polar surface area (TPSA) is 237 Å². The van der Waals surface area contributed by atoms with Crippen LogP contribution in [0.3, 0.4) is 0 Å². The minimum Gasteiger partial charge on any atom is -0.472 e. The molecule has 2 amide bonds. The lowest BCUT2D eigenvalue weighted by molar-refractivity contribution is -0.384. The average molecular weight is 1050 g/mol. The number of aromatic nitrogens is 1. The fourth-order valence-corrected chi connectivity index (χ4v) is 10.6. The van der Waals surface area contributed by atoms with Crippen molar-refractivity contribution in [2.45, 2.75) is 168 Å². The van der Waals surface area contributed by atoms with E-state index in [1.54, 1.807) is 38.8 Å². The number of nitrogens with one attached hydrogen (secondary N) is 1. The lowest BCUT2D eigenvalue weighted by Gasteiger charge is -2.34. The van der Waals surface area contributed by atoms with Crippen molar-refractivity contribution in [2.75, 3.05) is 6.54 Å². The number of halogens is 3. The van der Waals surface area contributed by atoms with Crippen LogP contribution in [0.4, 0.5) is 23.7 Å². The van der Waals surface area contributed by atoms with Crippen molar-refractivity contribution < 1.29 is 73.6 Å². The number of hydrogen-bond acceptors (Lipinski definition) is 15. The molecule has 7 rings (SSSR count). The number of alkyl halides is 3. The van der Waals surface area contributed by atoms with Crippen molar-refractivity contribution in [3.63, 3.8) is 0 Å². The molecule has 18 nitrogen and oxygen atoms in total. The Morgan fingerprint density at radius 2 is 1.62 bits per heavy atom. The van der Waals surface area contributed by atoms with Gasteiger partial charge in [0.25, 0.3) is 5.69 Å². The number of Topliss-reactive ketones (excluding diaryl/α,β-unsaturated/α-hetero) is 1. The number of fused-ring (bicyclic) bond motifs is 1. The summed E-state index contributed by atoms with van der Waals surface area (Å²) in [6.07, 6.45) is 1.19. The Morgan fingerprint density at radius 1 is 0.959 bits per heavy atom. The average Bonchev–Trinajstić information content (AvgIpc) is 4.16. The molecular weight excluding hydrogens is 982 g/mol. The molecule has 3 aliphatic carbocycles. The second kappa shape index (κ2) is 21.9. The number of likely N-dealkylation sites (tertiary alicyclic amines) is 1. The van der Waals surface area contributed by atoms with Crippen molar-refractivity contribution in [1.29, 1.82) is 0 Å². The quantitative estimate of drug-likeness (QED) is 0.0573. The summed E-state index contributed by atoms with van der Waals surface area (Å²) < 4.78 is 91.2. The number of non-ortho nitro benzene ring substituents is 1. The van der Waals surface area contributed by atoms with E-state index < -0.39 is 79.7 Å². The second-order valence-corrected chi connectivity index (χ2v) is 22.6. The Morgan fingerprint density at radius 3 is 2.19 bits per heavy atom. The van der Waals surface area contributed by atoms with Gasteiger partial charge in [-0.1, -0.05) is 50.3 Å². The molecule has 3 saturated carbocycles. The molecule has 0 radical (unpaired) electrons. The maximum absolute atomic E-state index is 14.8. The Labute approximate surface area is 422 Å². The molecule has 4 aliphatic rings. The van der Waals surface area contributed by atoms with Crippen molar-refractivity contribution >= 4 is 56.5 Å². The monoisotopic (exact) mass is 1050 g/mol. The van der Waals surface area contributed by atoms with E-state index in [1.807, 2.05) is 38.1 Å². The van der Waals surface area contributed by atoms with Gasteiger partial charge in [0.05, 0.1) is 40.9 Å². The van der Waals surface area contributed by atoms with Crippen LogP contribution < -0.4 is 14.2 Å². The van der Waals surface area contributed by atoms with Crippen LogP contribution >= 0.6 is 0 Å². The number of benzene rings is 2. The van der Waals surface area contributed by atoms with Crippen molar-refractivity contribution in [1.82, 2.24) is 14.6 Å². The molecule has 0 spiro atoms. The van der Waals surface area contributed by atoms with Crippen LogP contribution in [-0.2, 0) is 43.1 Å². The molecular formula is C51H65F3N4O14S. The standard InChI is InChI=1S/C40H55N3O9S.C11H10F3NO5/c1-7-28-22-40(28,37(47)42-53(48,49)52-39(6)16-17-39)23-33(44)32-20-29(50-35-30-14-13-25(2)19-27(30)15-18-41-35)24-43(32)36(46)31(26-11-9-8-10-12-26)21-34(45)51-38(3,4)5;1-10(2,11(12,13)14)20-9(16)19-8-5-3-7(4-6-8)15(17)18/h13-15,18-19,26,28-29,31-32H,7-12,16-17,20-24H2,1-6H3,(H,42,47);3-6H,1-2H3/t28-,29-,31+,32+,40-;/m1./s1. The molecule has 2 aromatic carbocycles. The predicted molar refractivity (Wildman–Crippen MR) is 258 cm³/mol. The number of ether oxygens (including phenoxy) is 4. The first-order valence-electron chi connectivity index (χ1n) is 24.5. The van der Waals surface area contributed by atoms with E-state index in [0.29, 0.717) is 45.4 Å². The number of rotatable bonds is 17. The van der Waals surface area contributed by atoms with Gasteiger partial charge in [-0.2, -0.15) is 21.6 Å². The van der Waals surface area contributed by atoms with Crippen molar-refractivity contribution in [3.8, 4) is 11.6 Å². The van der Waals surface area contributed by atoms with Gasteiger partial charge in [0.1, 0.15) is 17.5 Å². The highest BCUT2D eigenvalue weighted by Crippen LogP contribution is 2.58. The zero-order valence-corrected chi connectivity index (χ0v) is 43.2. The molecule has 1 saturated heterocycles. The van der Waals surface area contributed by atoms with Crippen LogP contribution in [0.1, 0.15) is 131 Å². The largest absolute Gasteiger partial charge is 0.514 e. The number of hydrogen-bond donors (Lipinski definition) is 1. The molecule has 5 atom stereocenters. The van der Waals surface area contributed by atoms with Gasteiger partial charge in [0, 0.05) is 36.6 Å². The number of esters is 1. The molecule has 2 heterocycles. The van der Waals surface area contributed by atoms with Gasteiger partial charge in [0.15, 0.2) is 5.78 Å². The molecule has 0 unspecified atom stereocenters. The van der Waals surface area contributed by atoms with Gasteiger partial charge in [-0.15, -0.1) is 0 Å². The van der Waals surface area contributed by atoms with Crippen molar-refractivity contribution in [3.05, 3.63) is 70.4 Å². The van der Waals surface area contributed by atoms with E-state index in [2.05, 4.69) is 19.2 Å². The molecule has 0 bridgehead atoms. The Kier molecular flexibility index (Phi) is 16.9. The zero-order valence-electron chi connectivity index (χ0n) is 42.4. The van der Waals surface area contributed by atoms with Crippen LogP contribution in [0, 0.1) is 40.2 Å². The smallest absolute Gasteiger partial charge is 0.472 e. The fraction of sp³-hybridized carbons (Fsp3) is 0.608. The second-order valence-electron chi connectivity index (χ2n) is 21.4. The summed E-state index contributed by atoms with van der Waals surface area (Å²) in [6, 6.07) is 11.1. The first-order chi connectivity index (χ1) is 33.9. The number of carbonyl (C=O) groups excluding carboxylic acids is 5. The maximum atomic E-state index is 14.8. The van der Waals surface area contributed by atoms with Gasteiger partial charge < -0.3 is 23.8 Å². The van der Waals surface area contributed by atoms with Crippen LogP contribution in [0.5, 0.6) is 11.6 Å². The van der Waals surface area contributed by atoms with E-state index in [-0.39, 0.29) is 60.8 Å². The number of aryl methyl sites for hydroxylation is 1. The fourth-order valence-electron chi connectivity index (χ4n) is 9.42. The van der Waals surface area contributed by atoms with Crippen LogP contribution in [0.2, 0.25) is 0 Å². The first-order valence-corrected chi connectivity index (χ1v) is 25.9. The zero-order chi connectivity index (χ0) is 53.9. The van der Waals surface area contributed by atoms with Gasteiger partial charge >= 0.3 is 28.6 Å². The van der Waals surface area contributed by atoms with Gasteiger partial charge in [-0.3, -0.25) is 29.3 Å². The van der Waals surface area contributed by atoms with Crippen molar-refractivity contribution in [2.24, 2.45) is 23.2 Å². The maximum Gasteiger partial charge on any atom is 0.514 e. The van der Waals surface area contributed by atoms with Gasteiger partial charge in [-0.05, 0) is 122 Å². The van der Waals surface area contributed by atoms with Crippen LogP contribution in [-0.4, -0.2) is 94.6 Å². The predicted octanol–water partition coefficient (Wildman–Crippen LogP) is 9.58. The minimum absolute atomic E-state index is 0.0500. The highest BCUT2D eigenvalue weighted by molar-refractivity contribution is 7.85. The normalized spacial score (nSPS) is 22.2. The molecule has 22 heteroatoms. The number of pyridine rings is 1. The summed E-state index contributed by atoms with van der Waals surface area (Å²) in [4.78, 5) is 83.2. The third kappa shape index (κ3) is 14.7. The highest BCUT2D eigenvalue weighted by atomic mass is 32.2. The van der Waals surface area contributed by atoms with Crippen LogP contribution in [0.25, 0.3) is 10.8 Å². The molecule has 4 fully saturated rings. The number of amides is 2. The number of nitro groups is 1. The highest BCUT2D eigenvalue weighted by Gasteiger charge is 2.62. The van der Waals surface area contributed by atoms with E-state index in [9.17, 15) is 55.7 Å². The molecule has 1 aliphatic heterocycles. The van der Waals surface area contributed by atoms with Crippen LogP contribution in [0.15, 0.2) is 54.7 Å². The summed E-state index contributed by atoms with van der Waals surface area (Å²) in [5.41, 5.74) is -4.66. The minimum atomic E-state index is -4.75. The van der Waals surface area contributed by atoms with E-state index in [1.165, 1.54) is 0 Å². The SMILES string of the molecule is CC(C)(OC(=O)Oc1ccc([N+](=O)[O-])cc1)C(F)(F)F.CC[C@@H]1C[C@]1(CC(=O)[C@@H]1C[C@@H](Oc2nccc3cc(C)ccc23)CN1C(=O)[C@@H](CC(=O)OC(C)(C)C)C1CCCCC1)C(=O)NS(=O)(=O)OC1(C)CC1. The third-order valence-corrected chi connectivity index (χ3v) is 14.9. The summed E-state index contributed by atoms with van der Waals surface area (Å²) in [5, 5.41) is 12.1. The molecule has 1 aromatic heterocycles. The lowest BCUT2D eigenvalue weighted by atomic mass is 9.77. The Hall–Kier alpha value is -5.90. The Balaban J connectivity index is 0.000000365. The van der Waals surface area contributed by atoms with E-state index in [0.717, 1.165) is 72.7 Å². The first kappa shape index (κ1) is 56.4. The number of nitrogens with zero attached hydrogens (tertiary/aromatic N) is 3. The molecule has 73 heavy (non-hydrogen) atoms. The summed E-state index contributed by atoms with van der Waals surface area (Å²) in [5.74, 6) is -2.59. The lowest BCUT2D eigenvalue weighted by Crippen LogP contribution is -2.48. The van der Waals surface area contributed by atoms with E-state index >= 15 is 0 Å². The summed E-state index contributed by atoms with van der Waals surface area (Å²) in [7, 11) is -4.39. The number of carbonyl (C=O) groups is 5. The summed E-state index contributed by atoms with van der Waals surface area (Å²) in [6.45, 7) is 12.4. The third-order valence-electron chi connectivity index (χ3n) is 13.8.